The van der Waals surface area contributed by atoms with E-state index in [1.807, 2.05) is 19.9 Å². The molecule has 0 amide bonds. The number of Topliss-reactive ketones (excluding diaryl/α,β-unsaturated/α-hetero) is 2. The summed E-state index contributed by atoms with van der Waals surface area (Å²) in [5.41, 5.74) is -5.28. The predicted octanol–water partition coefficient (Wildman–Crippen LogP) is 1.55. The molecule has 10 heteroatoms. The lowest BCUT2D eigenvalue weighted by molar-refractivity contribution is -0.334. The van der Waals surface area contributed by atoms with Crippen LogP contribution in [-0.2, 0) is 42.9 Å². The van der Waals surface area contributed by atoms with Gasteiger partial charge in [-0.2, -0.15) is 0 Å². The van der Waals surface area contributed by atoms with Crippen LogP contribution in [0, 0.1) is 29.1 Å². The number of carbonyl (C=O) groups is 4. The van der Waals surface area contributed by atoms with E-state index in [-0.39, 0.29) is 30.5 Å². The first-order valence-electron chi connectivity index (χ1n) is 14.1. The largest absolute Gasteiger partial charge is 0.459 e. The molecule has 10 nitrogen and oxygen atoms in total. The highest BCUT2D eigenvalue weighted by Crippen LogP contribution is 2.71. The van der Waals surface area contributed by atoms with Gasteiger partial charge in [0.25, 0.3) is 0 Å². The van der Waals surface area contributed by atoms with Crippen molar-refractivity contribution in [2.75, 3.05) is 0 Å². The number of ether oxygens (including phenoxy) is 5. The molecule has 6 saturated heterocycles. The molecule has 0 radical (unpaired) electrons. The molecular formula is C29H34O10. The number of aliphatic hydroxyl groups is 1. The summed E-state index contributed by atoms with van der Waals surface area (Å²) in [5.74, 6) is -6.09. The fourth-order valence-electron chi connectivity index (χ4n) is 10.2. The van der Waals surface area contributed by atoms with Crippen molar-refractivity contribution in [3.05, 3.63) is 11.6 Å². The molecule has 0 aromatic carbocycles. The van der Waals surface area contributed by atoms with E-state index >= 15 is 0 Å². The van der Waals surface area contributed by atoms with Gasteiger partial charge in [-0.05, 0) is 47.0 Å². The number of allylic oxidation sites excluding steroid dienone is 1. The van der Waals surface area contributed by atoms with Crippen molar-refractivity contribution >= 4 is 23.5 Å². The SMILES string of the molecule is C[C@@H]1C(=O)O[C@H]2[C@@H]1O[C@]13O[C@@]4(CC[C@]5(C)C(=O)[C@](C)(O)[C@H]2[C@H]15)C[C@]12OC(=O)C[C@H]1OC(C)(C)[C@@H]2CC=C4C3=O. The molecule has 39 heavy (non-hydrogen) atoms. The Morgan fingerprint density at radius 1 is 1.00 bits per heavy atom. The summed E-state index contributed by atoms with van der Waals surface area (Å²) >= 11 is 0. The molecule has 2 bridgehead atoms. The maximum absolute atomic E-state index is 14.7. The number of hydrogen-bond donors (Lipinski definition) is 1. The van der Waals surface area contributed by atoms with Crippen LogP contribution >= 0.6 is 0 Å². The van der Waals surface area contributed by atoms with Crippen molar-refractivity contribution in [1.29, 1.82) is 0 Å². The zero-order chi connectivity index (χ0) is 27.7. The summed E-state index contributed by atoms with van der Waals surface area (Å²) in [6.45, 7) is 8.88. The van der Waals surface area contributed by atoms with Crippen LogP contribution in [0.15, 0.2) is 11.6 Å². The number of rotatable bonds is 0. The van der Waals surface area contributed by atoms with E-state index in [0.29, 0.717) is 24.8 Å². The Kier molecular flexibility index (Phi) is 4.21. The molecule has 8 rings (SSSR count). The first-order valence-corrected chi connectivity index (χ1v) is 14.1. The molecule has 210 valence electrons. The fourth-order valence-corrected chi connectivity index (χ4v) is 10.2. The standard InChI is InChI=1S/C29H34O10/c1-12-18-19(35-22(12)32)17-20-25(4,23(33)26(17,5)34)8-9-27-11-28-14(24(2,3)36-15(28)10-16(30)37-28)7-6-13(27)21(31)29(20,38-18)39-27/h6,12,14-15,17-20,34H,7-11H2,1-5H3/t12-,14-,15+,17+,18+,19+,20-,25-,26+,27-,28+,29-/m0/s1. The van der Waals surface area contributed by atoms with Gasteiger partial charge >= 0.3 is 11.9 Å². The highest BCUT2D eigenvalue weighted by molar-refractivity contribution is 6.08. The maximum Gasteiger partial charge on any atom is 0.311 e. The molecule has 7 fully saturated rings. The van der Waals surface area contributed by atoms with Gasteiger partial charge in [-0.1, -0.05) is 13.0 Å². The van der Waals surface area contributed by atoms with Gasteiger partial charge in [-0.3, -0.25) is 19.2 Å². The van der Waals surface area contributed by atoms with E-state index in [0.717, 1.165) is 0 Å². The number of esters is 2. The second-order valence-corrected chi connectivity index (χ2v) is 14.2. The molecule has 0 aromatic rings. The lowest BCUT2D eigenvalue weighted by Gasteiger charge is -2.50. The van der Waals surface area contributed by atoms with Crippen LogP contribution in [0.1, 0.15) is 66.7 Å². The lowest BCUT2D eigenvalue weighted by atomic mass is 9.62. The molecule has 6 aliphatic heterocycles. The van der Waals surface area contributed by atoms with Crippen LogP contribution in [0.2, 0.25) is 0 Å². The number of fused-ring (bicyclic) bond motifs is 2. The Morgan fingerprint density at radius 2 is 1.74 bits per heavy atom. The average molecular weight is 543 g/mol. The molecule has 2 aliphatic carbocycles. The molecule has 1 saturated carbocycles. The highest BCUT2D eigenvalue weighted by Gasteiger charge is 2.84. The summed E-state index contributed by atoms with van der Waals surface area (Å²) in [6, 6.07) is 0. The van der Waals surface area contributed by atoms with Crippen LogP contribution in [0.4, 0.5) is 0 Å². The molecule has 3 spiro atoms. The van der Waals surface area contributed by atoms with Crippen molar-refractivity contribution in [3.8, 4) is 0 Å². The van der Waals surface area contributed by atoms with Crippen LogP contribution < -0.4 is 0 Å². The topological polar surface area (TPSA) is 135 Å². The Bertz CT molecular complexity index is 1310. The highest BCUT2D eigenvalue weighted by atomic mass is 16.7. The smallest absolute Gasteiger partial charge is 0.311 e. The molecule has 6 heterocycles. The van der Waals surface area contributed by atoms with Gasteiger partial charge in [-0.15, -0.1) is 0 Å². The number of ketones is 2. The summed E-state index contributed by atoms with van der Waals surface area (Å²) in [6.07, 6.45) is 1.11. The van der Waals surface area contributed by atoms with Crippen molar-refractivity contribution in [1.82, 2.24) is 0 Å². The summed E-state index contributed by atoms with van der Waals surface area (Å²) in [7, 11) is 0. The van der Waals surface area contributed by atoms with Crippen LogP contribution in [-0.4, -0.2) is 75.1 Å². The Labute approximate surface area is 225 Å². The van der Waals surface area contributed by atoms with Gasteiger partial charge in [0.05, 0.1) is 17.9 Å². The molecule has 0 unspecified atom stereocenters. The third-order valence-electron chi connectivity index (χ3n) is 11.8. The molecule has 0 aromatic heterocycles. The monoisotopic (exact) mass is 542 g/mol. The second kappa shape index (κ2) is 6.66. The van der Waals surface area contributed by atoms with Crippen molar-refractivity contribution in [2.24, 2.45) is 29.1 Å². The quantitative estimate of drug-likeness (QED) is 0.449. The van der Waals surface area contributed by atoms with Crippen molar-refractivity contribution < 1.29 is 48.0 Å². The normalized spacial score (nSPS) is 57.9. The average Bonchev–Trinajstić information content (AvgIpc) is 3.41. The van der Waals surface area contributed by atoms with Gasteiger partial charge in [0.1, 0.15) is 35.1 Å². The lowest BCUT2D eigenvalue weighted by Crippen LogP contribution is -2.64. The van der Waals surface area contributed by atoms with E-state index in [4.69, 9.17) is 23.7 Å². The number of hydrogen-bond acceptors (Lipinski definition) is 10. The second-order valence-electron chi connectivity index (χ2n) is 14.2. The molecule has 8 aliphatic rings. The number of carbonyl (C=O) groups excluding carboxylic acids is 4. The Hall–Kier alpha value is -2.14. The summed E-state index contributed by atoms with van der Waals surface area (Å²) in [4.78, 5) is 54.1. The molecular weight excluding hydrogens is 508 g/mol. The van der Waals surface area contributed by atoms with E-state index in [2.05, 4.69) is 0 Å². The van der Waals surface area contributed by atoms with Gasteiger partial charge in [0.15, 0.2) is 5.78 Å². The summed E-state index contributed by atoms with van der Waals surface area (Å²) in [5, 5.41) is 11.7. The molecule has 12 atom stereocenters. The third-order valence-corrected chi connectivity index (χ3v) is 11.8. The van der Waals surface area contributed by atoms with Gasteiger partial charge in [0.2, 0.25) is 11.6 Å². The third kappa shape index (κ3) is 2.48. The Balaban J connectivity index is 1.33. The van der Waals surface area contributed by atoms with E-state index in [1.165, 1.54) is 6.92 Å². The minimum absolute atomic E-state index is 0.130. The first kappa shape index (κ1) is 24.6. The van der Waals surface area contributed by atoms with Crippen LogP contribution in [0.25, 0.3) is 0 Å². The zero-order valence-corrected chi connectivity index (χ0v) is 22.8. The van der Waals surface area contributed by atoms with Gasteiger partial charge in [-0.25, -0.2) is 0 Å². The Morgan fingerprint density at radius 3 is 2.49 bits per heavy atom. The van der Waals surface area contributed by atoms with E-state index in [1.54, 1.807) is 13.8 Å². The maximum atomic E-state index is 14.7. The van der Waals surface area contributed by atoms with Crippen molar-refractivity contribution in [2.45, 2.75) is 113 Å². The minimum atomic E-state index is -1.88. The van der Waals surface area contributed by atoms with Gasteiger partial charge in [0, 0.05) is 35.2 Å². The predicted molar refractivity (Wildman–Crippen MR) is 129 cm³/mol. The van der Waals surface area contributed by atoms with E-state index in [9.17, 15) is 24.3 Å². The van der Waals surface area contributed by atoms with Gasteiger partial charge < -0.3 is 28.8 Å². The minimum Gasteiger partial charge on any atom is -0.459 e. The zero-order valence-electron chi connectivity index (χ0n) is 22.8. The van der Waals surface area contributed by atoms with E-state index < -0.39 is 81.4 Å². The first-order chi connectivity index (χ1) is 18.1. The molecule has 1 N–H and O–H groups in total. The summed E-state index contributed by atoms with van der Waals surface area (Å²) < 4.78 is 31.8. The fraction of sp³-hybridized carbons (Fsp3) is 0.793. The van der Waals surface area contributed by atoms with Crippen LogP contribution in [0.5, 0.6) is 0 Å². The van der Waals surface area contributed by atoms with Crippen LogP contribution in [0.3, 0.4) is 0 Å². The van der Waals surface area contributed by atoms with Crippen molar-refractivity contribution in [3.63, 3.8) is 0 Å².